The zero-order chi connectivity index (χ0) is 29.0. The van der Waals surface area contributed by atoms with Crippen LogP contribution in [0.3, 0.4) is 0 Å². The Morgan fingerprint density at radius 3 is 1.34 bits per heavy atom. The van der Waals surface area contributed by atoms with E-state index < -0.39 is 0 Å². The number of fused-ring (bicyclic) bond motifs is 9. The summed E-state index contributed by atoms with van der Waals surface area (Å²) < 4.78 is 0. The van der Waals surface area contributed by atoms with Crippen molar-refractivity contribution in [3.63, 3.8) is 0 Å². The number of piperidine rings is 3. The Labute approximate surface area is 286 Å². The zero-order valence-electron chi connectivity index (χ0n) is 28.2. The molecule has 13 atom stereocenters. The van der Waals surface area contributed by atoms with E-state index in [1.54, 1.807) is 0 Å². The first kappa shape index (κ1) is 34.4. The predicted octanol–water partition coefficient (Wildman–Crippen LogP) is 10.9. The first-order valence-electron chi connectivity index (χ1n) is 19.8. The fourth-order valence-electron chi connectivity index (χ4n) is 12.1. The van der Waals surface area contributed by atoms with Crippen LogP contribution in [0, 0.1) is 78.4 Å². The Morgan fingerprint density at radius 2 is 0.818 bits per heavy atom. The van der Waals surface area contributed by atoms with Crippen LogP contribution in [-0.2, 0) is 20.1 Å². The molecule has 0 spiro atoms. The normalized spacial score (nSPS) is 47.8. The Kier molecular flexibility index (Phi) is 13.1. The van der Waals surface area contributed by atoms with Gasteiger partial charge in [0.1, 0.15) is 0 Å². The molecule has 6 aliphatic carbocycles. The summed E-state index contributed by atoms with van der Waals surface area (Å²) in [5.74, 6) is 9.41. The van der Waals surface area contributed by atoms with Gasteiger partial charge < -0.3 is 35.2 Å². The molecule has 0 aromatic rings. The summed E-state index contributed by atoms with van der Waals surface area (Å²) in [5, 5.41) is 14.7. The summed E-state index contributed by atoms with van der Waals surface area (Å²) in [6, 6.07) is 2.20. The second-order valence-electron chi connectivity index (χ2n) is 16.7. The molecule has 0 aromatic heterocycles. The maximum Gasteiger partial charge on any atom is 0 e. The second-order valence-corrected chi connectivity index (χ2v) is 16.7. The third-order valence-electron chi connectivity index (χ3n) is 14.3. The molecule has 3 aliphatic heterocycles. The monoisotopic (exact) mass is 780 g/mol. The molecule has 0 aromatic carbocycles. The van der Waals surface area contributed by atoms with Crippen LogP contribution < -0.4 is 0 Å². The molecule has 6 saturated carbocycles. The van der Waals surface area contributed by atoms with Gasteiger partial charge in [0.05, 0.1) is 0 Å². The van der Waals surface area contributed by atoms with Crippen LogP contribution in [0.4, 0.5) is 0 Å². The van der Waals surface area contributed by atoms with Gasteiger partial charge in [-0.05, 0) is 5.92 Å². The van der Waals surface area contributed by atoms with Gasteiger partial charge in [-0.25, -0.2) is 0 Å². The Balaban J connectivity index is 0.000000116. The third-order valence-corrected chi connectivity index (χ3v) is 14.3. The zero-order valence-corrected chi connectivity index (χ0v) is 30.6. The fourth-order valence-corrected chi connectivity index (χ4v) is 12.1. The van der Waals surface area contributed by atoms with Gasteiger partial charge in [-0.15, -0.1) is 19.6 Å². The first-order valence-corrected chi connectivity index (χ1v) is 19.8. The van der Waals surface area contributed by atoms with Crippen molar-refractivity contribution in [3.8, 4) is 0 Å². The molecule has 0 bridgehead atoms. The Bertz CT molecular complexity index is 762. The van der Waals surface area contributed by atoms with Gasteiger partial charge in [0.25, 0.3) is 0 Å². The van der Waals surface area contributed by atoms with Crippen molar-refractivity contribution in [2.45, 2.75) is 153 Å². The SMILES string of the molecule is CC1CC[CH-]C2C1CCC1CCC[N-]C12.[CH-]1CCCC2CCC3CCC[N-]C3C12.[CH-]1CCCC2CCC3CCC[N-]C3C12.[Ir]. The van der Waals surface area contributed by atoms with E-state index in [9.17, 15) is 0 Å². The molecule has 1 radical (unpaired) electrons. The third kappa shape index (κ3) is 7.87. The smallest absolute Gasteiger partial charge is 0 e. The summed E-state index contributed by atoms with van der Waals surface area (Å²) >= 11 is 0. The van der Waals surface area contributed by atoms with Crippen LogP contribution in [0.15, 0.2) is 0 Å². The minimum absolute atomic E-state index is 0. The van der Waals surface area contributed by atoms with Crippen LogP contribution in [0.5, 0.6) is 0 Å². The van der Waals surface area contributed by atoms with Crippen molar-refractivity contribution in [2.24, 2.45) is 59.2 Å². The van der Waals surface area contributed by atoms with E-state index in [0.717, 1.165) is 96.9 Å². The quantitative estimate of drug-likeness (QED) is 0.220. The molecule has 9 rings (SSSR count). The van der Waals surface area contributed by atoms with Crippen molar-refractivity contribution in [1.82, 2.24) is 0 Å². The molecular formula is C40H65IrN3-6. The van der Waals surface area contributed by atoms with Crippen molar-refractivity contribution in [1.29, 1.82) is 0 Å². The van der Waals surface area contributed by atoms with Gasteiger partial charge in [-0.3, -0.25) is 0 Å². The summed E-state index contributed by atoms with van der Waals surface area (Å²) in [6.45, 7) is 5.91. The Morgan fingerprint density at radius 1 is 0.409 bits per heavy atom. The van der Waals surface area contributed by atoms with Crippen molar-refractivity contribution >= 4 is 0 Å². The van der Waals surface area contributed by atoms with Gasteiger partial charge in [0.2, 0.25) is 0 Å². The molecule has 3 heterocycles. The average Bonchev–Trinajstić information content (AvgIpc) is 3.09. The van der Waals surface area contributed by atoms with E-state index in [2.05, 4.69) is 26.2 Å². The van der Waals surface area contributed by atoms with Crippen molar-refractivity contribution in [3.05, 3.63) is 35.2 Å². The second kappa shape index (κ2) is 16.8. The van der Waals surface area contributed by atoms with E-state index in [0.29, 0.717) is 0 Å². The van der Waals surface area contributed by atoms with Crippen molar-refractivity contribution in [2.75, 3.05) is 19.6 Å². The van der Waals surface area contributed by atoms with Crippen molar-refractivity contribution < 1.29 is 20.1 Å². The topological polar surface area (TPSA) is 42.3 Å². The molecule has 4 heteroatoms. The number of hydrogen-bond acceptors (Lipinski definition) is 0. The summed E-state index contributed by atoms with van der Waals surface area (Å²) in [6.07, 6.45) is 36.6. The number of hydrogen-bond donors (Lipinski definition) is 0. The van der Waals surface area contributed by atoms with E-state index in [1.165, 1.54) is 128 Å². The van der Waals surface area contributed by atoms with Crippen LogP contribution in [0.2, 0.25) is 0 Å². The molecule has 255 valence electrons. The summed E-state index contributed by atoms with van der Waals surface area (Å²) in [4.78, 5) is 0. The van der Waals surface area contributed by atoms with Gasteiger partial charge in [-0.2, -0.15) is 55.1 Å². The maximum absolute atomic E-state index is 4.94. The first-order chi connectivity index (χ1) is 21.3. The van der Waals surface area contributed by atoms with Gasteiger partial charge in [0.15, 0.2) is 0 Å². The summed E-state index contributed by atoms with van der Waals surface area (Å²) in [7, 11) is 0. The predicted molar refractivity (Wildman–Crippen MR) is 182 cm³/mol. The van der Waals surface area contributed by atoms with E-state index in [-0.39, 0.29) is 20.1 Å². The van der Waals surface area contributed by atoms with Crippen LogP contribution >= 0.6 is 0 Å². The minimum atomic E-state index is 0. The molecule has 9 fully saturated rings. The minimum Gasteiger partial charge on any atom is -0.661 e. The maximum atomic E-state index is 4.94. The molecule has 3 nitrogen and oxygen atoms in total. The number of rotatable bonds is 0. The number of nitrogens with zero attached hydrogens (tertiary/aromatic N) is 3. The summed E-state index contributed by atoms with van der Waals surface area (Å²) in [5.41, 5.74) is 0. The molecular weight excluding hydrogens is 715 g/mol. The molecule has 3 saturated heterocycles. The average molecular weight is 780 g/mol. The standard InChI is InChI=1S/C14H23N.2C13H21N.Ir/c1-10-4-2-6-13-12(10)8-7-11-5-3-9-15-14(11)13;2*1-2-6-12-10(4-1)7-8-11-5-3-9-14-13(11)12;/h6,10-14H,2-5,7-9H2,1H3;2*6,10-13H,1-5,7-9H2;/q3*-2;. The molecule has 9 aliphatic rings. The largest absolute Gasteiger partial charge is 0.661 e. The molecule has 0 N–H and O–H groups in total. The van der Waals surface area contributed by atoms with Gasteiger partial charge >= 0.3 is 0 Å². The van der Waals surface area contributed by atoms with E-state index in [1.807, 2.05) is 0 Å². The molecule has 44 heavy (non-hydrogen) atoms. The molecule has 13 unspecified atom stereocenters. The fraction of sp³-hybridized carbons (Fsp3) is 0.925. The van der Waals surface area contributed by atoms with Crippen LogP contribution in [-0.4, -0.2) is 37.8 Å². The molecule has 0 amide bonds. The van der Waals surface area contributed by atoms with E-state index >= 15 is 0 Å². The van der Waals surface area contributed by atoms with Gasteiger partial charge in [-0.1, -0.05) is 152 Å². The van der Waals surface area contributed by atoms with Gasteiger partial charge in [0, 0.05) is 20.1 Å². The van der Waals surface area contributed by atoms with Crippen LogP contribution in [0.1, 0.15) is 135 Å². The Hall–Kier alpha value is 0.529. The van der Waals surface area contributed by atoms with E-state index in [4.69, 9.17) is 16.0 Å². The van der Waals surface area contributed by atoms with Crippen LogP contribution in [0.25, 0.3) is 16.0 Å².